The summed E-state index contributed by atoms with van der Waals surface area (Å²) in [6.45, 7) is 4.38. The summed E-state index contributed by atoms with van der Waals surface area (Å²) >= 11 is 5.94. The van der Waals surface area contributed by atoms with Gasteiger partial charge in [0.1, 0.15) is 0 Å². The van der Waals surface area contributed by atoms with Gasteiger partial charge in [-0.1, -0.05) is 44.2 Å². The number of hydrogen-bond acceptors (Lipinski definition) is 0. The van der Waals surface area contributed by atoms with Gasteiger partial charge in [0.15, 0.2) is 0 Å². The highest BCUT2D eigenvalue weighted by Crippen LogP contribution is 2.28. The summed E-state index contributed by atoms with van der Waals surface area (Å²) < 4.78 is 0. The van der Waals surface area contributed by atoms with Gasteiger partial charge in [-0.15, -0.1) is 11.6 Å². The summed E-state index contributed by atoms with van der Waals surface area (Å²) in [6.07, 6.45) is 1.08. The van der Waals surface area contributed by atoms with Crippen molar-refractivity contribution in [3.63, 3.8) is 0 Å². The summed E-state index contributed by atoms with van der Waals surface area (Å²) in [6, 6.07) is 10.5. The second-order valence-corrected chi connectivity index (χ2v) is 3.68. The van der Waals surface area contributed by atoms with E-state index in [1.165, 1.54) is 5.56 Å². The Hall–Kier alpha value is -0.490. The van der Waals surface area contributed by atoms with Crippen molar-refractivity contribution in [1.29, 1.82) is 0 Å². The van der Waals surface area contributed by atoms with Crippen LogP contribution in [0.4, 0.5) is 0 Å². The minimum atomic E-state index is 0.142. The average Bonchev–Trinajstić information content (AvgIpc) is 2.18. The Bertz CT molecular complexity index is 224. The van der Waals surface area contributed by atoms with E-state index in [0.29, 0.717) is 5.88 Å². The van der Waals surface area contributed by atoms with Gasteiger partial charge in [-0.3, -0.25) is 0 Å². The molecule has 0 saturated heterocycles. The van der Waals surface area contributed by atoms with E-state index in [9.17, 15) is 0 Å². The third kappa shape index (κ3) is 1.81. The van der Waals surface area contributed by atoms with E-state index < -0.39 is 0 Å². The van der Waals surface area contributed by atoms with E-state index in [-0.39, 0.29) is 5.41 Å². The second-order valence-electron chi connectivity index (χ2n) is 3.41. The van der Waals surface area contributed by atoms with Crippen molar-refractivity contribution in [2.24, 2.45) is 0 Å². The zero-order valence-corrected chi connectivity index (χ0v) is 8.43. The van der Waals surface area contributed by atoms with Crippen LogP contribution in [0.25, 0.3) is 0 Å². The van der Waals surface area contributed by atoms with Crippen LogP contribution in [0.2, 0.25) is 0 Å². The summed E-state index contributed by atoms with van der Waals surface area (Å²) in [5.74, 6) is 0.688. The van der Waals surface area contributed by atoms with E-state index in [1.54, 1.807) is 0 Å². The van der Waals surface area contributed by atoms with Crippen LogP contribution in [0.5, 0.6) is 0 Å². The monoisotopic (exact) mass is 182 g/mol. The van der Waals surface area contributed by atoms with E-state index in [1.807, 2.05) is 6.07 Å². The van der Waals surface area contributed by atoms with Crippen LogP contribution in [0.3, 0.4) is 0 Å². The third-order valence-corrected chi connectivity index (χ3v) is 3.14. The molecule has 0 aliphatic carbocycles. The standard InChI is InChI=1S/C11H15Cl/c1-3-11(2,9-12)10-7-5-4-6-8-10/h4-8H,3,9H2,1-2H3/t11-/m1/s1. The number of halogens is 1. The van der Waals surface area contributed by atoms with Crippen molar-refractivity contribution in [1.82, 2.24) is 0 Å². The molecule has 0 bridgehead atoms. The van der Waals surface area contributed by atoms with Gasteiger partial charge in [-0.05, 0) is 12.0 Å². The molecular weight excluding hydrogens is 168 g/mol. The second kappa shape index (κ2) is 3.95. The SMILES string of the molecule is CC[C@](C)(CCl)c1ccccc1. The van der Waals surface area contributed by atoms with Gasteiger partial charge in [-0.25, -0.2) is 0 Å². The molecular formula is C11H15Cl. The van der Waals surface area contributed by atoms with Gasteiger partial charge in [0, 0.05) is 11.3 Å². The number of rotatable bonds is 3. The van der Waals surface area contributed by atoms with Gasteiger partial charge in [-0.2, -0.15) is 0 Å². The van der Waals surface area contributed by atoms with E-state index in [4.69, 9.17) is 11.6 Å². The molecule has 1 aromatic carbocycles. The Morgan fingerprint density at radius 2 is 1.83 bits per heavy atom. The van der Waals surface area contributed by atoms with Crippen LogP contribution in [-0.4, -0.2) is 5.88 Å². The summed E-state index contributed by atoms with van der Waals surface area (Å²) in [5, 5.41) is 0. The molecule has 0 amide bonds. The first-order chi connectivity index (χ1) is 5.73. The summed E-state index contributed by atoms with van der Waals surface area (Å²) in [4.78, 5) is 0. The van der Waals surface area contributed by atoms with Crippen LogP contribution in [0.15, 0.2) is 30.3 Å². The summed E-state index contributed by atoms with van der Waals surface area (Å²) in [5.41, 5.74) is 1.48. The molecule has 1 aromatic rings. The van der Waals surface area contributed by atoms with Crippen molar-refractivity contribution in [3.05, 3.63) is 35.9 Å². The predicted octanol–water partition coefficient (Wildman–Crippen LogP) is 3.59. The van der Waals surface area contributed by atoms with Crippen LogP contribution in [0.1, 0.15) is 25.8 Å². The topological polar surface area (TPSA) is 0 Å². The molecule has 0 unspecified atom stereocenters. The highest BCUT2D eigenvalue weighted by atomic mass is 35.5. The van der Waals surface area contributed by atoms with Gasteiger partial charge >= 0.3 is 0 Å². The van der Waals surface area contributed by atoms with Gasteiger partial charge in [0.2, 0.25) is 0 Å². The maximum Gasteiger partial charge on any atom is 0.0317 e. The lowest BCUT2D eigenvalue weighted by Gasteiger charge is -2.25. The highest BCUT2D eigenvalue weighted by molar-refractivity contribution is 6.18. The smallest absolute Gasteiger partial charge is 0.0317 e. The fourth-order valence-electron chi connectivity index (χ4n) is 1.22. The number of hydrogen-bond donors (Lipinski definition) is 0. The molecule has 66 valence electrons. The largest absolute Gasteiger partial charge is 0.126 e. The molecule has 0 spiro atoms. The minimum Gasteiger partial charge on any atom is -0.126 e. The predicted molar refractivity (Wildman–Crippen MR) is 54.8 cm³/mol. The molecule has 0 aliphatic rings. The molecule has 1 atom stereocenters. The van der Waals surface area contributed by atoms with Crippen molar-refractivity contribution < 1.29 is 0 Å². The lowest BCUT2D eigenvalue weighted by Crippen LogP contribution is -2.22. The Morgan fingerprint density at radius 3 is 2.25 bits per heavy atom. The lowest BCUT2D eigenvalue weighted by atomic mass is 9.82. The summed E-state index contributed by atoms with van der Waals surface area (Å²) in [7, 11) is 0. The Morgan fingerprint density at radius 1 is 1.25 bits per heavy atom. The molecule has 12 heavy (non-hydrogen) atoms. The minimum absolute atomic E-state index is 0.142. The van der Waals surface area contributed by atoms with Gasteiger partial charge < -0.3 is 0 Å². The quantitative estimate of drug-likeness (QED) is 0.627. The molecule has 0 heterocycles. The molecule has 0 fully saturated rings. The van der Waals surface area contributed by atoms with E-state index in [0.717, 1.165) is 6.42 Å². The van der Waals surface area contributed by atoms with Crippen LogP contribution < -0.4 is 0 Å². The molecule has 0 aromatic heterocycles. The average molecular weight is 183 g/mol. The molecule has 1 heteroatoms. The number of alkyl halides is 1. The fraction of sp³-hybridized carbons (Fsp3) is 0.455. The zero-order chi connectivity index (χ0) is 9.03. The fourth-order valence-corrected chi connectivity index (χ4v) is 1.56. The van der Waals surface area contributed by atoms with Crippen molar-refractivity contribution in [2.45, 2.75) is 25.7 Å². The van der Waals surface area contributed by atoms with Gasteiger partial charge in [0.25, 0.3) is 0 Å². The first-order valence-corrected chi connectivity index (χ1v) is 4.88. The first kappa shape index (κ1) is 9.60. The third-order valence-electron chi connectivity index (χ3n) is 2.55. The molecule has 0 radical (unpaired) electrons. The van der Waals surface area contributed by atoms with Crippen LogP contribution >= 0.6 is 11.6 Å². The maximum atomic E-state index is 5.94. The molecule has 1 rings (SSSR count). The molecule has 0 nitrogen and oxygen atoms in total. The molecule has 0 saturated carbocycles. The van der Waals surface area contributed by atoms with E-state index >= 15 is 0 Å². The van der Waals surface area contributed by atoms with Crippen molar-refractivity contribution in [3.8, 4) is 0 Å². The Kier molecular flexibility index (Phi) is 3.16. The normalized spacial score (nSPS) is 15.6. The first-order valence-electron chi connectivity index (χ1n) is 4.34. The van der Waals surface area contributed by atoms with E-state index in [2.05, 4.69) is 38.1 Å². The number of benzene rings is 1. The molecule has 0 N–H and O–H groups in total. The van der Waals surface area contributed by atoms with Crippen LogP contribution in [0, 0.1) is 0 Å². The van der Waals surface area contributed by atoms with Crippen LogP contribution in [-0.2, 0) is 5.41 Å². The Labute approximate surface area is 79.6 Å². The Balaban J connectivity index is 2.95. The maximum absolute atomic E-state index is 5.94. The van der Waals surface area contributed by atoms with Crippen molar-refractivity contribution >= 4 is 11.6 Å². The van der Waals surface area contributed by atoms with Gasteiger partial charge in [0.05, 0.1) is 0 Å². The lowest BCUT2D eigenvalue weighted by molar-refractivity contribution is 0.513. The molecule has 0 aliphatic heterocycles. The van der Waals surface area contributed by atoms with Crippen molar-refractivity contribution in [2.75, 3.05) is 5.88 Å². The highest BCUT2D eigenvalue weighted by Gasteiger charge is 2.22. The zero-order valence-electron chi connectivity index (χ0n) is 7.68.